The zero-order valence-corrected chi connectivity index (χ0v) is 18.8. The Labute approximate surface area is 198 Å². The summed E-state index contributed by atoms with van der Waals surface area (Å²) < 4.78 is 0. The van der Waals surface area contributed by atoms with Crippen LogP contribution in [-0.4, -0.2) is 11.8 Å². The maximum Gasteiger partial charge on any atom is 0.164 e. The molecule has 3 nitrogen and oxygen atoms in total. The van der Waals surface area contributed by atoms with Crippen molar-refractivity contribution >= 4 is 23.0 Å². The van der Waals surface area contributed by atoms with Gasteiger partial charge in [0.15, 0.2) is 6.10 Å². The molecule has 2 heterocycles. The molecule has 0 radical (unpaired) electrons. The zero-order valence-electron chi connectivity index (χ0n) is 18.0. The number of hydrogen-bond acceptors (Lipinski definition) is 3. The number of anilines is 1. The molecular weight excluding hydrogens is 428 g/mol. The molecule has 2 aliphatic rings. The highest BCUT2D eigenvalue weighted by Crippen LogP contribution is 2.50. The van der Waals surface area contributed by atoms with Gasteiger partial charge in [0.2, 0.25) is 0 Å². The summed E-state index contributed by atoms with van der Waals surface area (Å²) in [6, 6.07) is 37.8. The number of halogens is 1. The lowest BCUT2D eigenvalue weighted by Gasteiger charge is -2.44. The third-order valence-electron chi connectivity index (χ3n) is 6.60. The number of benzene rings is 4. The van der Waals surface area contributed by atoms with Gasteiger partial charge in [-0.3, -0.25) is 0 Å². The zero-order chi connectivity index (χ0) is 22.2. The first kappa shape index (κ1) is 20.1. The van der Waals surface area contributed by atoms with Crippen molar-refractivity contribution in [2.24, 2.45) is 5.16 Å². The Morgan fingerprint density at radius 3 is 2.18 bits per heavy atom. The van der Waals surface area contributed by atoms with E-state index in [-0.39, 0.29) is 18.1 Å². The van der Waals surface area contributed by atoms with Crippen LogP contribution in [-0.2, 0) is 11.4 Å². The van der Waals surface area contributed by atoms with Crippen LogP contribution in [0.5, 0.6) is 0 Å². The van der Waals surface area contributed by atoms with Crippen LogP contribution in [0.2, 0.25) is 5.02 Å². The van der Waals surface area contributed by atoms with Crippen LogP contribution < -0.4 is 4.90 Å². The lowest BCUT2D eigenvalue weighted by Crippen LogP contribution is -2.44. The van der Waals surface area contributed by atoms with E-state index in [1.54, 1.807) is 0 Å². The molecule has 0 fully saturated rings. The first-order valence-corrected chi connectivity index (χ1v) is 11.6. The summed E-state index contributed by atoms with van der Waals surface area (Å²) in [5, 5.41) is 5.36. The van der Waals surface area contributed by atoms with Crippen molar-refractivity contribution in [1.29, 1.82) is 0 Å². The van der Waals surface area contributed by atoms with Gasteiger partial charge in [-0.2, -0.15) is 0 Å². The molecule has 4 aromatic carbocycles. The van der Waals surface area contributed by atoms with Crippen molar-refractivity contribution in [3.05, 3.63) is 136 Å². The van der Waals surface area contributed by atoms with Crippen LogP contribution in [0, 0.1) is 0 Å². The molecule has 0 saturated carbocycles. The minimum atomic E-state index is -0.128. The van der Waals surface area contributed by atoms with Crippen LogP contribution in [0.3, 0.4) is 0 Å². The number of para-hydroxylation sites is 1. The van der Waals surface area contributed by atoms with Crippen molar-refractivity contribution in [2.75, 3.05) is 4.90 Å². The highest BCUT2D eigenvalue weighted by molar-refractivity contribution is 6.30. The minimum Gasteiger partial charge on any atom is -0.389 e. The molecule has 3 atom stereocenters. The van der Waals surface area contributed by atoms with Crippen molar-refractivity contribution in [2.45, 2.75) is 24.6 Å². The van der Waals surface area contributed by atoms with Gasteiger partial charge in [0, 0.05) is 22.8 Å². The molecule has 4 aromatic rings. The molecule has 0 amide bonds. The van der Waals surface area contributed by atoms with Crippen LogP contribution >= 0.6 is 11.6 Å². The number of hydrogen-bond donors (Lipinski definition) is 0. The molecule has 0 aliphatic carbocycles. The van der Waals surface area contributed by atoms with Crippen LogP contribution in [0.4, 0.5) is 5.69 Å². The molecule has 0 unspecified atom stereocenters. The summed E-state index contributed by atoms with van der Waals surface area (Å²) in [4.78, 5) is 8.73. The number of rotatable bonds is 4. The summed E-state index contributed by atoms with van der Waals surface area (Å²) >= 11 is 6.16. The normalized spacial score (nSPS) is 21.1. The highest BCUT2D eigenvalue weighted by Gasteiger charge is 2.49. The summed E-state index contributed by atoms with van der Waals surface area (Å²) in [7, 11) is 0. The molecule has 33 heavy (non-hydrogen) atoms. The third kappa shape index (κ3) is 3.59. The van der Waals surface area contributed by atoms with E-state index >= 15 is 0 Å². The van der Waals surface area contributed by atoms with E-state index in [0.717, 1.165) is 22.8 Å². The fourth-order valence-corrected chi connectivity index (χ4v) is 5.26. The van der Waals surface area contributed by atoms with Crippen LogP contribution in [0.1, 0.15) is 34.2 Å². The molecular formula is C29H23ClN2O. The van der Waals surface area contributed by atoms with Gasteiger partial charge in [-0.05, 0) is 34.9 Å². The fourth-order valence-electron chi connectivity index (χ4n) is 5.13. The molecule has 6 rings (SSSR count). The van der Waals surface area contributed by atoms with Gasteiger partial charge in [-0.1, -0.05) is 108 Å². The van der Waals surface area contributed by atoms with E-state index in [1.807, 2.05) is 24.3 Å². The van der Waals surface area contributed by atoms with Gasteiger partial charge < -0.3 is 9.74 Å². The predicted molar refractivity (Wildman–Crippen MR) is 134 cm³/mol. The van der Waals surface area contributed by atoms with E-state index in [9.17, 15) is 0 Å². The Morgan fingerprint density at radius 2 is 1.42 bits per heavy atom. The van der Waals surface area contributed by atoms with Crippen molar-refractivity contribution in [3.8, 4) is 0 Å². The molecule has 0 saturated heterocycles. The third-order valence-corrected chi connectivity index (χ3v) is 6.85. The van der Waals surface area contributed by atoms with Gasteiger partial charge in [-0.15, -0.1) is 0 Å². The Bertz CT molecular complexity index is 1290. The highest BCUT2D eigenvalue weighted by atomic mass is 35.5. The van der Waals surface area contributed by atoms with Crippen LogP contribution in [0.15, 0.2) is 114 Å². The molecule has 2 aliphatic heterocycles. The molecule has 4 heteroatoms. The molecule has 162 valence electrons. The van der Waals surface area contributed by atoms with Gasteiger partial charge in [-0.25, -0.2) is 0 Å². The van der Waals surface area contributed by atoms with Gasteiger partial charge >= 0.3 is 0 Å². The molecule has 0 bridgehead atoms. The average Bonchev–Trinajstić information content (AvgIpc) is 3.31. The van der Waals surface area contributed by atoms with Crippen molar-refractivity contribution in [1.82, 2.24) is 0 Å². The van der Waals surface area contributed by atoms with Crippen LogP contribution in [0.25, 0.3) is 0 Å². The van der Waals surface area contributed by atoms with Crippen molar-refractivity contribution in [3.63, 3.8) is 0 Å². The standard InChI is InChI=1S/C29H23ClN2O/c30-23-17-15-21(16-18-23)27-26-24-13-7-8-14-25(24)32(19-20-9-3-1-4-10-20)28(29(26)33-31-27)22-11-5-2-6-12-22/h1-18,26,28-29H,19H2/t26-,28-,29+/m1/s1. The van der Waals surface area contributed by atoms with E-state index in [4.69, 9.17) is 16.4 Å². The quantitative estimate of drug-likeness (QED) is 0.334. The fraction of sp³-hybridized carbons (Fsp3) is 0.138. The average molecular weight is 451 g/mol. The Balaban J connectivity index is 1.50. The van der Waals surface area contributed by atoms with Crippen molar-refractivity contribution < 1.29 is 4.84 Å². The summed E-state index contributed by atoms with van der Waals surface area (Å²) in [6.45, 7) is 0.792. The first-order chi connectivity index (χ1) is 16.3. The number of nitrogens with zero attached hydrogens (tertiary/aromatic N) is 2. The van der Waals surface area contributed by atoms with Gasteiger partial charge in [0.1, 0.15) is 0 Å². The lowest BCUT2D eigenvalue weighted by atomic mass is 9.76. The SMILES string of the molecule is Clc1ccc(C2=NO[C@@H]3[C@@H](c4ccccc4)N(Cc4ccccc4)c4ccccc4[C@H]23)cc1. The lowest BCUT2D eigenvalue weighted by molar-refractivity contribution is 0.0497. The number of fused-ring (bicyclic) bond motifs is 3. The first-order valence-electron chi connectivity index (χ1n) is 11.2. The van der Waals surface area contributed by atoms with E-state index < -0.39 is 0 Å². The predicted octanol–water partition coefficient (Wildman–Crippen LogP) is 6.99. The largest absolute Gasteiger partial charge is 0.389 e. The number of oxime groups is 1. The van der Waals surface area contributed by atoms with E-state index in [2.05, 4.69) is 95.0 Å². The Kier molecular flexibility index (Phi) is 5.12. The molecule has 0 spiro atoms. The summed E-state index contributed by atoms with van der Waals surface area (Å²) in [5.74, 6) is 0.0413. The van der Waals surface area contributed by atoms with Gasteiger partial charge in [0.25, 0.3) is 0 Å². The second kappa shape index (κ2) is 8.42. The maximum absolute atomic E-state index is 6.26. The molecule has 0 aromatic heterocycles. The summed E-state index contributed by atoms with van der Waals surface area (Å²) in [6.07, 6.45) is -0.128. The summed E-state index contributed by atoms with van der Waals surface area (Å²) in [5.41, 5.74) is 6.98. The molecule has 0 N–H and O–H groups in total. The Morgan fingerprint density at radius 1 is 0.758 bits per heavy atom. The second-order valence-corrected chi connectivity index (χ2v) is 9.00. The minimum absolute atomic E-state index is 0.0276. The maximum atomic E-state index is 6.26. The smallest absolute Gasteiger partial charge is 0.164 e. The Hall–Kier alpha value is -3.56. The van der Waals surface area contributed by atoms with E-state index in [1.165, 1.54) is 22.4 Å². The van der Waals surface area contributed by atoms with E-state index in [0.29, 0.717) is 0 Å². The topological polar surface area (TPSA) is 24.8 Å². The van der Waals surface area contributed by atoms with Gasteiger partial charge in [0.05, 0.1) is 17.7 Å². The second-order valence-electron chi connectivity index (χ2n) is 8.56. The monoisotopic (exact) mass is 450 g/mol.